The first-order valence-corrected chi connectivity index (χ1v) is 9.13. The lowest BCUT2D eigenvalue weighted by molar-refractivity contribution is -0.137. The van der Waals surface area contributed by atoms with Crippen molar-refractivity contribution in [2.75, 3.05) is 19.5 Å². The molecule has 0 fully saturated rings. The van der Waals surface area contributed by atoms with Crippen LogP contribution in [0.15, 0.2) is 53.7 Å². The van der Waals surface area contributed by atoms with Crippen LogP contribution in [0.1, 0.15) is 24.1 Å². The highest BCUT2D eigenvalue weighted by atomic mass is 19.4. The Kier molecular flexibility index (Phi) is 6.09. The minimum atomic E-state index is -4.64. The summed E-state index contributed by atoms with van der Waals surface area (Å²) >= 11 is 0. The number of benzene rings is 2. The van der Waals surface area contributed by atoms with Gasteiger partial charge in [-0.1, -0.05) is 18.2 Å². The van der Waals surface area contributed by atoms with Crippen LogP contribution in [0.5, 0.6) is 11.5 Å². The summed E-state index contributed by atoms with van der Waals surface area (Å²) in [5.41, 5.74) is -0.601. The standard InChI is InChI=1S/C21H20F3N3O4/c1-11-17(19(28)26-14-7-5-4-6-13(14)21(22,23)24)18(27-20(29)25-11)12-8-9-15(30-2)16(10-12)31-3/h4-10,18H,1-3H3,(H,26,28)(H2,25,27,29). The van der Waals surface area contributed by atoms with Gasteiger partial charge in [0.1, 0.15) is 0 Å². The fourth-order valence-corrected chi connectivity index (χ4v) is 3.31. The molecule has 2 aromatic carbocycles. The van der Waals surface area contributed by atoms with Crippen molar-refractivity contribution in [3.63, 3.8) is 0 Å². The van der Waals surface area contributed by atoms with Gasteiger partial charge in [-0.05, 0) is 36.8 Å². The van der Waals surface area contributed by atoms with Crippen LogP contribution in [0, 0.1) is 0 Å². The fourth-order valence-electron chi connectivity index (χ4n) is 3.31. The van der Waals surface area contributed by atoms with Crippen molar-refractivity contribution >= 4 is 17.6 Å². The number of amides is 3. The second kappa shape index (κ2) is 8.58. The van der Waals surface area contributed by atoms with Crippen molar-refractivity contribution in [2.24, 2.45) is 0 Å². The zero-order valence-corrected chi connectivity index (χ0v) is 16.9. The molecule has 1 aliphatic rings. The van der Waals surface area contributed by atoms with E-state index < -0.39 is 29.7 Å². The molecule has 3 rings (SSSR count). The highest BCUT2D eigenvalue weighted by molar-refractivity contribution is 6.07. The molecule has 1 atom stereocenters. The zero-order chi connectivity index (χ0) is 22.8. The van der Waals surface area contributed by atoms with Crippen LogP contribution in [0.4, 0.5) is 23.7 Å². The number of urea groups is 1. The number of halogens is 3. The number of carbonyl (C=O) groups is 2. The van der Waals surface area contributed by atoms with Gasteiger partial charge in [0.15, 0.2) is 11.5 Å². The first-order valence-electron chi connectivity index (χ1n) is 9.13. The van der Waals surface area contributed by atoms with E-state index in [0.29, 0.717) is 17.1 Å². The number of ether oxygens (including phenoxy) is 2. The number of alkyl halides is 3. The van der Waals surface area contributed by atoms with Crippen LogP contribution in [-0.2, 0) is 11.0 Å². The molecule has 1 heterocycles. The van der Waals surface area contributed by atoms with Crippen LogP contribution in [-0.4, -0.2) is 26.2 Å². The predicted octanol–water partition coefficient (Wildman–Crippen LogP) is 3.99. The SMILES string of the molecule is COc1ccc(C2NC(=O)NC(C)=C2C(=O)Nc2ccccc2C(F)(F)F)cc1OC. The molecule has 0 aliphatic carbocycles. The van der Waals surface area contributed by atoms with Gasteiger partial charge in [0.2, 0.25) is 0 Å². The third kappa shape index (κ3) is 4.57. The molecule has 0 saturated heterocycles. The van der Waals surface area contributed by atoms with Gasteiger partial charge >= 0.3 is 12.2 Å². The summed E-state index contributed by atoms with van der Waals surface area (Å²) in [6.07, 6.45) is -4.64. The number of para-hydroxylation sites is 1. The van der Waals surface area contributed by atoms with E-state index in [9.17, 15) is 22.8 Å². The summed E-state index contributed by atoms with van der Waals surface area (Å²) in [5.74, 6) is 0.0198. The number of nitrogens with one attached hydrogen (secondary N) is 3. The van der Waals surface area contributed by atoms with Crippen molar-refractivity contribution in [2.45, 2.75) is 19.1 Å². The number of rotatable bonds is 5. The van der Waals surface area contributed by atoms with Crippen molar-refractivity contribution in [3.8, 4) is 11.5 Å². The quantitative estimate of drug-likeness (QED) is 0.663. The molecule has 0 radical (unpaired) electrons. The van der Waals surface area contributed by atoms with Gasteiger partial charge in [0, 0.05) is 5.70 Å². The molecule has 1 aliphatic heterocycles. The van der Waals surface area contributed by atoms with Gasteiger partial charge in [0.25, 0.3) is 5.91 Å². The number of anilines is 1. The molecule has 3 amide bonds. The van der Waals surface area contributed by atoms with E-state index in [4.69, 9.17) is 9.47 Å². The van der Waals surface area contributed by atoms with Gasteiger partial charge in [-0.2, -0.15) is 13.2 Å². The van der Waals surface area contributed by atoms with E-state index in [1.165, 1.54) is 33.3 Å². The normalized spacial score (nSPS) is 16.3. The fraction of sp³-hybridized carbons (Fsp3) is 0.238. The first-order chi connectivity index (χ1) is 14.7. The Hall–Kier alpha value is -3.69. The van der Waals surface area contributed by atoms with E-state index in [1.807, 2.05) is 0 Å². The van der Waals surface area contributed by atoms with Crippen molar-refractivity contribution in [3.05, 3.63) is 64.9 Å². The Balaban J connectivity index is 2.01. The van der Waals surface area contributed by atoms with Crippen LogP contribution in [0.2, 0.25) is 0 Å². The molecule has 7 nitrogen and oxygen atoms in total. The number of hydrogen-bond acceptors (Lipinski definition) is 4. The van der Waals surface area contributed by atoms with Crippen molar-refractivity contribution < 1.29 is 32.2 Å². The molecule has 0 bridgehead atoms. The van der Waals surface area contributed by atoms with E-state index in [-0.39, 0.29) is 17.0 Å². The monoisotopic (exact) mass is 435 g/mol. The summed E-state index contributed by atoms with van der Waals surface area (Å²) in [4.78, 5) is 25.1. The van der Waals surface area contributed by atoms with E-state index >= 15 is 0 Å². The highest BCUT2D eigenvalue weighted by Gasteiger charge is 2.36. The van der Waals surface area contributed by atoms with Gasteiger partial charge < -0.3 is 25.4 Å². The molecular weight excluding hydrogens is 415 g/mol. The van der Waals surface area contributed by atoms with E-state index in [1.54, 1.807) is 18.2 Å². The third-order valence-corrected chi connectivity index (χ3v) is 4.74. The minimum Gasteiger partial charge on any atom is -0.493 e. The Morgan fingerprint density at radius 3 is 2.39 bits per heavy atom. The Labute approximate surface area is 176 Å². The summed E-state index contributed by atoms with van der Waals surface area (Å²) in [6.45, 7) is 1.50. The Morgan fingerprint density at radius 2 is 1.74 bits per heavy atom. The molecule has 3 N–H and O–H groups in total. The number of hydrogen-bond donors (Lipinski definition) is 3. The first kappa shape index (κ1) is 22.0. The van der Waals surface area contributed by atoms with Crippen LogP contribution in [0.3, 0.4) is 0 Å². The predicted molar refractivity (Wildman–Crippen MR) is 107 cm³/mol. The van der Waals surface area contributed by atoms with Crippen LogP contribution < -0.4 is 25.4 Å². The zero-order valence-electron chi connectivity index (χ0n) is 16.9. The molecule has 0 saturated carbocycles. The summed E-state index contributed by atoms with van der Waals surface area (Å²) < 4.78 is 50.4. The lowest BCUT2D eigenvalue weighted by atomic mass is 9.94. The molecule has 31 heavy (non-hydrogen) atoms. The van der Waals surface area contributed by atoms with Crippen molar-refractivity contribution in [1.29, 1.82) is 0 Å². The van der Waals surface area contributed by atoms with E-state index in [2.05, 4.69) is 16.0 Å². The maximum atomic E-state index is 13.3. The largest absolute Gasteiger partial charge is 0.493 e. The van der Waals surface area contributed by atoms with Crippen LogP contribution in [0.25, 0.3) is 0 Å². The maximum absolute atomic E-state index is 13.3. The van der Waals surface area contributed by atoms with Crippen molar-refractivity contribution in [1.82, 2.24) is 10.6 Å². The van der Waals surface area contributed by atoms with Gasteiger partial charge in [-0.3, -0.25) is 4.79 Å². The average Bonchev–Trinajstić information content (AvgIpc) is 2.72. The Bertz CT molecular complexity index is 1050. The molecule has 10 heteroatoms. The van der Waals surface area contributed by atoms with Crippen LogP contribution >= 0.6 is 0 Å². The highest BCUT2D eigenvalue weighted by Crippen LogP contribution is 2.37. The molecular formula is C21H20F3N3O4. The van der Waals surface area contributed by atoms with Gasteiger partial charge in [0.05, 0.1) is 37.1 Å². The second-order valence-corrected chi connectivity index (χ2v) is 6.68. The van der Waals surface area contributed by atoms with Gasteiger partial charge in [-0.25, -0.2) is 4.79 Å². The number of carbonyl (C=O) groups excluding carboxylic acids is 2. The smallest absolute Gasteiger partial charge is 0.418 e. The summed E-state index contributed by atoms with van der Waals surface area (Å²) in [6, 6.07) is 8.00. The number of methoxy groups -OCH3 is 2. The molecule has 1 unspecified atom stereocenters. The lowest BCUT2D eigenvalue weighted by Crippen LogP contribution is -2.46. The van der Waals surface area contributed by atoms with E-state index in [0.717, 1.165) is 12.1 Å². The second-order valence-electron chi connectivity index (χ2n) is 6.68. The topological polar surface area (TPSA) is 88.7 Å². The number of allylic oxidation sites excluding steroid dienone is 1. The minimum absolute atomic E-state index is 0.0591. The molecule has 0 aromatic heterocycles. The summed E-state index contributed by atoms with van der Waals surface area (Å²) in [5, 5.41) is 7.43. The molecule has 0 spiro atoms. The molecule has 164 valence electrons. The molecule has 2 aromatic rings. The van der Waals surface area contributed by atoms with Gasteiger partial charge in [-0.15, -0.1) is 0 Å². The lowest BCUT2D eigenvalue weighted by Gasteiger charge is -2.29. The average molecular weight is 435 g/mol. The maximum Gasteiger partial charge on any atom is 0.418 e. The Morgan fingerprint density at radius 1 is 1.06 bits per heavy atom. The summed E-state index contributed by atoms with van der Waals surface area (Å²) in [7, 11) is 2.90. The third-order valence-electron chi connectivity index (χ3n) is 4.74.